The maximum absolute atomic E-state index is 12.9. The van der Waals surface area contributed by atoms with Crippen molar-refractivity contribution in [1.29, 1.82) is 0 Å². The van der Waals surface area contributed by atoms with Gasteiger partial charge < -0.3 is 24.4 Å². The molecule has 2 N–H and O–H groups in total. The number of aliphatic hydroxyl groups is 1. The third-order valence-electron chi connectivity index (χ3n) is 5.14. The second-order valence-electron chi connectivity index (χ2n) is 7.25. The smallest absolute Gasteiger partial charge is 0.342 e. The lowest BCUT2D eigenvalue weighted by Crippen LogP contribution is -2.53. The Morgan fingerprint density at radius 3 is 2.76 bits per heavy atom. The lowest BCUT2D eigenvalue weighted by Gasteiger charge is -2.38. The number of rotatable bonds is 4. The van der Waals surface area contributed by atoms with Crippen LogP contribution in [-0.4, -0.2) is 47.4 Å². The zero-order valence-electron chi connectivity index (χ0n) is 16.8. The van der Waals surface area contributed by atoms with Crippen LogP contribution in [0.15, 0.2) is 47.3 Å². The van der Waals surface area contributed by atoms with Gasteiger partial charge in [-0.05, 0) is 50.1 Å². The van der Waals surface area contributed by atoms with E-state index in [0.29, 0.717) is 22.5 Å². The first kappa shape index (κ1) is 20.7. The number of ketones is 1. The van der Waals surface area contributed by atoms with E-state index in [-0.39, 0.29) is 30.1 Å². The zero-order chi connectivity index (χ0) is 21.3. The predicted octanol–water partition coefficient (Wildman–Crippen LogP) is 2.75. The molecule has 2 atom stereocenters. The fraction of sp³-hybridized carbons (Fsp3) is 0.364. The highest BCUT2D eigenvalue weighted by Gasteiger charge is 2.48. The molecule has 0 spiro atoms. The molecule has 0 saturated carbocycles. The molecule has 7 heteroatoms. The third-order valence-corrected chi connectivity index (χ3v) is 5.14. The SMILES string of the molecule is C/C=C/C1=CC2=C(CO1)C(=O)[C@](C)(O)[C@H](OC(=O)c1c(C)cc(O)cc1OC)C2. The molecule has 1 aromatic carbocycles. The molecule has 0 radical (unpaired) electrons. The molecule has 2 aliphatic rings. The van der Waals surface area contributed by atoms with Crippen molar-refractivity contribution in [3.63, 3.8) is 0 Å². The number of ether oxygens (including phenoxy) is 3. The molecule has 1 aliphatic carbocycles. The van der Waals surface area contributed by atoms with E-state index in [1.807, 2.05) is 13.0 Å². The van der Waals surface area contributed by atoms with Gasteiger partial charge in [-0.15, -0.1) is 0 Å². The summed E-state index contributed by atoms with van der Waals surface area (Å²) in [5, 5.41) is 20.5. The summed E-state index contributed by atoms with van der Waals surface area (Å²) >= 11 is 0. The van der Waals surface area contributed by atoms with Crippen LogP contribution in [0.4, 0.5) is 0 Å². The van der Waals surface area contributed by atoms with Crippen LogP contribution in [0.25, 0.3) is 0 Å². The minimum absolute atomic E-state index is 0.0469. The monoisotopic (exact) mass is 400 g/mol. The molecule has 1 aliphatic heterocycles. The zero-order valence-corrected chi connectivity index (χ0v) is 16.8. The van der Waals surface area contributed by atoms with Gasteiger partial charge in [-0.2, -0.15) is 0 Å². The quantitative estimate of drug-likeness (QED) is 0.749. The molecule has 0 aromatic heterocycles. The summed E-state index contributed by atoms with van der Waals surface area (Å²) in [6, 6.07) is 2.72. The van der Waals surface area contributed by atoms with Crippen molar-refractivity contribution in [3.05, 3.63) is 58.4 Å². The highest BCUT2D eigenvalue weighted by atomic mass is 16.6. The number of aromatic hydroxyl groups is 1. The van der Waals surface area contributed by atoms with Crippen LogP contribution in [-0.2, 0) is 14.3 Å². The van der Waals surface area contributed by atoms with Gasteiger partial charge in [0, 0.05) is 18.1 Å². The van der Waals surface area contributed by atoms with E-state index in [4.69, 9.17) is 14.2 Å². The van der Waals surface area contributed by atoms with Crippen molar-refractivity contribution in [2.75, 3.05) is 13.7 Å². The Morgan fingerprint density at radius 1 is 1.38 bits per heavy atom. The fourth-order valence-electron chi connectivity index (χ4n) is 3.56. The Hall–Kier alpha value is -3.06. The molecule has 154 valence electrons. The van der Waals surface area contributed by atoms with E-state index in [1.54, 1.807) is 19.1 Å². The average molecular weight is 400 g/mol. The molecule has 0 unspecified atom stereocenters. The Kier molecular flexibility index (Phi) is 5.53. The lowest BCUT2D eigenvalue weighted by molar-refractivity contribution is -0.146. The van der Waals surface area contributed by atoms with Crippen molar-refractivity contribution >= 4 is 11.8 Å². The molecular formula is C22H24O7. The number of benzene rings is 1. The third kappa shape index (κ3) is 3.78. The van der Waals surface area contributed by atoms with Crippen molar-refractivity contribution in [3.8, 4) is 11.5 Å². The fourth-order valence-corrected chi connectivity index (χ4v) is 3.56. The molecule has 3 rings (SSSR count). The van der Waals surface area contributed by atoms with Crippen LogP contribution in [0.5, 0.6) is 11.5 Å². The molecule has 1 heterocycles. The molecule has 0 saturated heterocycles. The number of hydrogen-bond acceptors (Lipinski definition) is 7. The number of aryl methyl sites for hydroxylation is 1. The van der Waals surface area contributed by atoms with E-state index in [9.17, 15) is 19.8 Å². The van der Waals surface area contributed by atoms with Gasteiger partial charge in [-0.3, -0.25) is 4.79 Å². The van der Waals surface area contributed by atoms with Crippen LogP contribution < -0.4 is 4.74 Å². The number of Topliss-reactive ketones (excluding diaryl/α,β-unsaturated/α-hetero) is 1. The molecular weight excluding hydrogens is 376 g/mol. The number of allylic oxidation sites excluding steroid dienone is 3. The van der Waals surface area contributed by atoms with Gasteiger partial charge in [0.1, 0.15) is 35.5 Å². The van der Waals surface area contributed by atoms with E-state index in [1.165, 1.54) is 26.2 Å². The first-order chi connectivity index (χ1) is 13.7. The molecule has 29 heavy (non-hydrogen) atoms. The van der Waals surface area contributed by atoms with Gasteiger partial charge in [0.05, 0.1) is 7.11 Å². The number of phenolic OH excluding ortho intramolecular Hbond substituents is 1. The Labute approximate surface area is 168 Å². The van der Waals surface area contributed by atoms with Gasteiger partial charge >= 0.3 is 5.97 Å². The van der Waals surface area contributed by atoms with Gasteiger partial charge in [-0.25, -0.2) is 4.79 Å². The van der Waals surface area contributed by atoms with Crippen molar-refractivity contribution in [2.45, 2.75) is 38.9 Å². The maximum Gasteiger partial charge on any atom is 0.342 e. The minimum Gasteiger partial charge on any atom is -0.508 e. The van der Waals surface area contributed by atoms with E-state index in [2.05, 4.69) is 0 Å². The van der Waals surface area contributed by atoms with Gasteiger partial charge in [0.2, 0.25) is 0 Å². The summed E-state index contributed by atoms with van der Waals surface area (Å²) in [5.74, 6) is -0.570. The van der Waals surface area contributed by atoms with Crippen molar-refractivity contribution in [2.24, 2.45) is 0 Å². The first-order valence-electron chi connectivity index (χ1n) is 9.24. The van der Waals surface area contributed by atoms with Crippen LogP contribution in [0.3, 0.4) is 0 Å². The lowest BCUT2D eigenvalue weighted by atomic mass is 9.77. The van der Waals surface area contributed by atoms with Gasteiger partial charge in [0.25, 0.3) is 0 Å². The second-order valence-corrected chi connectivity index (χ2v) is 7.25. The Balaban J connectivity index is 1.93. The van der Waals surface area contributed by atoms with Crippen LogP contribution in [0.1, 0.15) is 36.2 Å². The van der Waals surface area contributed by atoms with Crippen LogP contribution in [0, 0.1) is 6.92 Å². The Bertz CT molecular complexity index is 950. The van der Waals surface area contributed by atoms with Crippen LogP contribution in [0.2, 0.25) is 0 Å². The largest absolute Gasteiger partial charge is 0.508 e. The number of phenols is 1. The summed E-state index contributed by atoms with van der Waals surface area (Å²) in [6.07, 6.45) is 4.39. The summed E-state index contributed by atoms with van der Waals surface area (Å²) in [5.41, 5.74) is -0.246. The minimum atomic E-state index is -1.89. The summed E-state index contributed by atoms with van der Waals surface area (Å²) in [6.45, 7) is 4.88. The van der Waals surface area contributed by atoms with Crippen molar-refractivity contribution in [1.82, 2.24) is 0 Å². The van der Waals surface area contributed by atoms with E-state index in [0.717, 1.165) is 0 Å². The number of esters is 1. The molecule has 7 nitrogen and oxygen atoms in total. The highest BCUT2D eigenvalue weighted by Crippen LogP contribution is 2.37. The normalized spacial score (nSPS) is 24.1. The molecule has 0 fully saturated rings. The number of hydrogen-bond donors (Lipinski definition) is 2. The van der Waals surface area contributed by atoms with Gasteiger partial charge in [0.15, 0.2) is 11.4 Å². The number of methoxy groups -OCH3 is 1. The summed E-state index contributed by atoms with van der Waals surface area (Å²) in [4.78, 5) is 25.7. The van der Waals surface area contributed by atoms with E-state index >= 15 is 0 Å². The van der Waals surface area contributed by atoms with Gasteiger partial charge in [-0.1, -0.05) is 6.08 Å². The molecule has 0 bridgehead atoms. The average Bonchev–Trinajstić information content (AvgIpc) is 2.65. The van der Waals surface area contributed by atoms with E-state index < -0.39 is 23.5 Å². The standard InChI is InChI=1S/C22H24O7/c1-5-6-15-8-13-9-18(22(3,26)20(24)16(13)11-28-15)29-21(25)19-12(2)7-14(23)10-17(19)27-4/h5-8,10,18,23,26H,9,11H2,1-4H3/b6-5+/t18-,22-/m1/s1. The van der Waals surface area contributed by atoms with Crippen molar-refractivity contribution < 1.29 is 34.0 Å². The maximum atomic E-state index is 12.9. The predicted molar refractivity (Wildman–Crippen MR) is 105 cm³/mol. The summed E-state index contributed by atoms with van der Waals surface area (Å²) in [7, 11) is 1.37. The first-order valence-corrected chi connectivity index (χ1v) is 9.24. The topological polar surface area (TPSA) is 102 Å². The molecule has 0 amide bonds. The Morgan fingerprint density at radius 2 is 2.10 bits per heavy atom. The highest BCUT2D eigenvalue weighted by molar-refractivity contribution is 6.05. The number of carbonyl (C=O) groups excluding carboxylic acids is 2. The molecule has 1 aromatic rings. The summed E-state index contributed by atoms with van der Waals surface area (Å²) < 4.78 is 16.3. The second kappa shape index (κ2) is 7.75. The van der Waals surface area contributed by atoms with Crippen LogP contribution >= 0.6 is 0 Å². The number of carbonyl (C=O) groups is 2.